The van der Waals surface area contributed by atoms with Crippen LogP contribution >= 0.6 is 11.6 Å². The summed E-state index contributed by atoms with van der Waals surface area (Å²) in [5, 5.41) is 0.656. The highest BCUT2D eigenvalue weighted by Crippen LogP contribution is 2.27. The van der Waals surface area contributed by atoms with E-state index in [1.165, 1.54) is 7.11 Å². The molecule has 0 unspecified atom stereocenters. The number of hydrogen-bond donors (Lipinski definition) is 0. The van der Waals surface area contributed by atoms with Crippen LogP contribution in [-0.2, 0) is 9.53 Å². The maximum absolute atomic E-state index is 11.5. The number of carbonyl (C=O) groups excluding carboxylic acids is 1. The molecule has 0 atom stereocenters. The van der Waals surface area contributed by atoms with Gasteiger partial charge in [0.1, 0.15) is 11.5 Å². The van der Waals surface area contributed by atoms with Crippen LogP contribution in [0.4, 0.5) is 0 Å². The van der Waals surface area contributed by atoms with Crippen LogP contribution in [0.5, 0.6) is 11.5 Å². The van der Waals surface area contributed by atoms with Gasteiger partial charge in [0, 0.05) is 5.02 Å². The second-order valence-electron chi connectivity index (χ2n) is 4.50. The Hall–Kier alpha value is -2.26. The van der Waals surface area contributed by atoms with Gasteiger partial charge in [0.25, 0.3) is 0 Å². The quantitative estimate of drug-likeness (QED) is 0.610. The fourth-order valence-corrected chi connectivity index (χ4v) is 2.04. The van der Waals surface area contributed by atoms with Crippen molar-refractivity contribution in [2.45, 2.75) is 6.92 Å². The molecule has 0 bridgehead atoms. The van der Waals surface area contributed by atoms with Crippen LogP contribution in [0.2, 0.25) is 5.02 Å². The molecule has 0 aromatic heterocycles. The van der Waals surface area contributed by atoms with Crippen LogP contribution in [0.3, 0.4) is 0 Å². The lowest BCUT2D eigenvalue weighted by atomic mass is 10.0. The van der Waals surface area contributed by atoms with E-state index < -0.39 is 5.97 Å². The van der Waals surface area contributed by atoms with Gasteiger partial charge in [-0.1, -0.05) is 24.2 Å². The monoisotopic (exact) mass is 302 g/mol. The first-order chi connectivity index (χ1) is 10.0. The van der Waals surface area contributed by atoms with E-state index in [2.05, 4.69) is 11.3 Å². The molecule has 3 nitrogen and oxygen atoms in total. The maximum atomic E-state index is 11.5. The topological polar surface area (TPSA) is 35.5 Å². The number of carbonyl (C=O) groups is 1. The van der Waals surface area contributed by atoms with Crippen molar-refractivity contribution in [3.8, 4) is 11.5 Å². The zero-order chi connectivity index (χ0) is 15.4. The lowest BCUT2D eigenvalue weighted by Crippen LogP contribution is -2.04. The van der Waals surface area contributed by atoms with Crippen LogP contribution in [0, 0.1) is 6.92 Å². The highest BCUT2D eigenvalue weighted by Gasteiger charge is 2.12. The summed E-state index contributed by atoms with van der Waals surface area (Å²) in [6.07, 6.45) is 0. The Balaban J connectivity index is 2.21. The number of hydrogen-bond acceptors (Lipinski definition) is 3. The smallest absolute Gasteiger partial charge is 0.337 e. The SMILES string of the molecule is C=C(C(=O)OC)c1ccc(Oc2ccc(Cl)cc2)cc1C. The van der Waals surface area contributed by atoms with Gasteiger partial charge in [-0.15, -0.1) is 0 Å². The summed E-state index contributed by atoms with van der Waals surface area (Å²) in [5.41, 5.74) is 1.95. The van der Waals surface area contributed by atoms with Gasteiger partial charge >= 0.3 is 5.97 Å². The molecule has 4 heteroatoms. The first-order valence-electron chi connectivity index (χ1n) is 6.33. The van der Waals surface area contributed by atoms with Crippen LogP contribution < -0.4 is 4.74 Å². The summed E-state index contributed by atoms with van der Waals surface area (Å²) in [7, 11) is 1.33. The number of benzene rings is 2. The molecule has 0 radical (unpaired) electrons. The van der Waals surface area contributed by atoms with Crippen molar-refractivity contribution in [2.24, 2.45) is 0 Å². The standard InChI is InChI=1S/C17H15ClO3/c1-11-10-15(21-14-6-4-13(18)5-7-14)8-9-16(11)12(2)17(19)20-3/h4-10H,2H2,1,3H3. The van der Waals surface area contributed by atoms with Crippen molar-refractivity contribution in [3.63, 3.8) is 0 Å². The largest absolute Gasteiger partial charge is 0.465 e. The molecule has 0 aliphatic rings. The summed E-state index contributed by atoms with van der Waals surface area (Å²) < 4.78 is 10.4. The molecule has 0 aliphatic heterocycles. The maximum Gasteiger partial charge on any atom is 0.337 e. The average Bonchev–Trinajstić information content (AvgIpc) is 2.48. The lowest BCUT2D eigenvalue weighted by Gasteiger charge is -2.11. The Morgan fingerprint density at radius 3 is 2.29 bits per heavy atom. The average molecular weight is 303 g/mol. The molecule has 0 amide bonds. The Bertz CT molecular complexity index is 675. The Labute approximate surface area is 128 Å². The fourth-order valence-electron chi connectivity index (χ4n) is 1.91. The van der Waals surface area contributed by atoms with E-state index in [0.29, 0.717) is 22.1 Å². The predicted molar refractivity (Wildman–Crippen MR) is 83.8 cm³/mol. The van der Waals surface area contributed by atoms with Gasteiger partial charge in [-0.05, 0) is 54.4 Å². The Morgan fingerprint density at radius 2 is 1.71 bits per heavy atom. The van der Waals surface area contributed by atoms with Gasteiger partial charge in [0.05, 0.1) is 12.7 Å². The minimum absolute atomic E-state index is 0.327. The molecule has 2 rings (SSSR count). The van der Waals surface area contributed by atoms with Crippen molar-refractivity contribution in [2.75, 3.05) is 7.11 Å². The molecular weight excluding hydrogens is 288 g/mol. The zero-order valence-corrected chi connectivity index (χ0v) is 12.6. The molecule has 21 heavy (non-hydrogen) atoms. The molecule has 108 valence electrons. The molecule has 0 fully saturated rings. The third-order valence-electron chi connectivity index (χ3n) is 3.00. The van der Waals surface area contributed by atoms with E-state index in [4.69, 9.17) is 16.3 Å². The van der Waals surface area contributed by atoms with Crippen LogP contribution in [-0.4, -0.2) is 13.1 Å². The van der Waals surface area contributed by atoms with E-state index in [1.807, 2.05) is 13.0 Å². The fraction of sp³-hybridized carbons (Fsp3) is 0.118. The minimum atomic E-state index is -0.440. The third kappa shape index (κ3) is 3.64. The minimum Gasteiger partial charge on any atom is -0.465 e. The van der Waals surface area contributed by atoms with Crippen molar-refractivity contribution < 1.29 is 14.3 Å². The normalized spacial score (nSPS) is 10.0. The first-order valence-corrected chi connectivity index (χ1v) is 6.70. The molecule has 0 saturated carbocycles. The molecule has 0 spiro atoms. The van der Waals surface area contributed by atoms with Crippen molar-refractivity contribution in [1.82, 2.24) is 0 Å². The highest BCUT2D eigenvalue weighted by molar-refractivity contribution is 6.30. The highest BCUT2D eigenvalue weighted by atomic mass is 35.5. The summed E-state index contributed by atoms with van der Waals surface area (Å²) in [6.45, 7) is 5.64. The second-order valence-corrected chi connectivity index (χ2v) is 4.94. The number of esters is 1. The summed E-state index contributed by atoms with van der Waals surface area (Å²) >= 11 is 5.83. The number of aryl methyl sites for hydroxylation is 1. The third-order valence-corrected chi connectivity index (χ3v) is 3.26. The van der Waals surface area contributed by atoms with Crippen molar-refractivity contribution in [1.29, 1.82) is 0 Å². The van der Waals surface area contributed by atoms with Gasteiger partial charge in [-0.3, -0.25) is 0 Å². The predicted octanol–water partition coefficient (Wildman–Crippen LogP) is 4.63. The zero-order valence-electron chi connectivity index (χ0n) is 11.9. The molecular formula is C17H15ClO3. The van der Waals surface area contributed by atoms with E-state index >= 15 is 0 Å². The van der Waals surface area contributed by atoms with E-state index in [1.54, 1.807) is 36.4 Å². The van der Waals surface area contributed by atoms with Gasteiger partial charge in [-0.2, -0.15) is 0 Å². The van der Waals surface area contributed by atoms with E-state index in [-0.39, 0.29) is 0 Å². The molecule has 0 saturated heterocycles. The number of halogens is 1. The molecule has 0 aliphatic carbocycles. The molecule has 2 aromatic rings. The molecule has 0 heterocycles. The van der Waals surface area contributed by atoms with Gasteiger partial charge in [0.15, 0.2) is 0 Å². The van der Waals surface area contributed by atoms with Crippen LogP contribution in [0.15, 0.2) is 49.0 Å². The molecule has 2 aromatic carbocycles. The van der Waals surface area contributed by atoms with Crippen LogP contribution in [0.25, 0.3) is 5.57 Å². The number of ether oxygens (including phenoxy) is 2. The Kier molecular flexibility index (Phi) is 4.66. The first kappa shape index (κ1) is 15.1. The summed E-state index contributed by atoms with van der Waals surface area (Å²) in [4.78, 5) is 11.5. The van der Waals surface area contributed by atoms with E-state index in [9.17, 15) is 4.79 Å². The number of rotatable bonds is 4. The Morgan fingerprint density at radius 1 is 1.10 bits per heavy atom. The number of methoxy groups -OCH3 is 1. The van der Waals surface area contributed by atoms with Crippen molar-refractivity contribution >= 4 is 23.1 Å². The van der Waals surface area contributed by atoms with Gasteiger partial charge in [0.2, 0.25) is 0 Å². The molecule has 0 N–H and O–H groups in total. The van der Waals surface area contributed by atoms with Crippen molar-refractivity contribution in [3.05, 3.63) is 65.2 Å². The second kappa shape index (κ2) is 6.46. The van der Waals surface area contributed by atoms with E-state index in [0.717, 1.165) is 11.1 Å². The summed E-state index contributed by atoms with van der Waals surface area (Å²) in [6, 6.07) is 12.5. The summed E-state index contributed by atoms with van der Waals surface area (Å²) in [5.74, 6) is 0.930. The lowest BCUT2D eigenvalue weighted by molar-refractivity contribution is -0.133. The van der Waals surface area contributed by atoms with Crippen LogP contribution in [0.1, 0.15) is 11.1 Å². The van der Waals surface area contributed by atoms with Gasteiger partial charge in [-0.25, -0.2) is 4.79 Å². The van der Waals surface area contributed by atoms with Gasteiger partial charge < -0.3 is 9.47 Å².